The molecule has 0 heterocycles. The molecular formula is C12H10F4O. The van der Waals surface area contributed by atoms with Crippen molar-refractivity contribution in [2.45, 2.75) is 25.1 Å². The van der Waals surface area contributed by atoms with Crippen LogP contribution in [0.1, 0.15) is 18.4 Å². The van der Waals surface area contributed by atoms with E-state index in [-0.39, 0.29) is 24.0 Å². The first kappa shape index (κ1) is 12.1. The highest BCUT2D eigenvalue weighted by Gasteiger charge is 2.25. The standard InChI is InChI=1S/C12H10F4O/c13-9-5-7(17)1-2-8(9)6-3-10(14)12(16)11(15)4-6/h2-4,7,9,17H,1,5H2. The summed E-state index contributed by atoms with van der Waals surface area (Å²) >= 11 is 0. The fourth-order valence-corrected chi connectivity index (χ4v) is 1.87. The third kappa shape index (κ3) is 2.34. The van der Waals surface area contributed by atoms with Gasteiger partial charge >= 0.3 is 0 Å². The number of alkyl halides is 1. The molecule has 0 saturated heterocycles. The molecule has 0 saturated carbocycles. The third-order valence-electron chi connectivity index (χ3n) is 2.74. The molecule has 0 fully saturated rings. The van der Waals surface area contributed by atoms with Crippen molar-refractivity contribution in [2.24, 2.45) is 0 Å². The van der Waals surface area contributed by atoms with Gasteiger partial charge in [-0.15, -0.1) is 0 Å². The lowest BCUT2D eigenvalue weighted by Gasteiger charge is -2.22. The summed E-state index contributed by atoms with van der Waals surface area (Å²) in [5.74, 6) is -4.26. The quantitative estimate of drug-likeness (QED) is 0.596. The highest BCUT2D eigenvalue weighted by Crippen LogP contribution is 2.31. The smallest absolute Gasteiger partial charge is 0.194 e. The van der Waals surface area contributed by atoms with Gasteiger partial charge < -0.3 is 5.11 Å². The van der Waals surface area contributed by atoms with Gasteiger partial charge in [0, 0.05) is 6.42 Å². The van der Waals surface area contributed by atoms with Crippen LogP contribution in [0.15, 0.2) is 18.2 Å². The maximum atomic E-state index is 13.6. The van der Waals surface area contributed by atoms with Crippen LogP contribution in [0.3, 0.4) is 0 Å². The normalized spacial score (nSPS) is 24.6. The van der Waals surface area contributed by atoms with Gasteiger partial charge in [0.1, 0.15) is 6.17 Å². The van der Waals surface area contributed by atoms with E-state index in [9.17, 15) is 22.7 Å². The first-order valence-electron chi connectivity index (χ1n) is 5.16. The number of rotatable bonds is 1. The van der Waals surface area contributed by atoms with Gasteiger partial charge in [-0.05, 0) is 29.7 Å². The molecule has 1 aliphatic rings. The molecule has 1 aromatic rings. The molecular weight excluding hydrogens is 236 g/mol. The first-order chi connectivity index (χ1) is 7.99. The molecule has 0 amide bonds. The molecule has 2 unspecified atom stereocenters. The number of hydrogen-bond donors (Lipinski definition) is 1. The van der Waals surface area contributed by atoms with Crippen LogP contribution in [0.4, 0.5) is 17.6 Å². The Labute approximate surface area is 95.4 Å². The predicted molar refractivity (Wildman–Crippen MR) is 54.4 cm³/mol. The summed E-state index contributed by atoms with van der Waals surface area (Å²) in [6.45, 7) is 0. The van der Waals surface area contributed by atoms with Gasteiger partial charge in [0.25, 0.3) is 0 Å². The SMILES string of the molecule is OC1CC=C(c2cc(F)c(F)c(F)c2)C(F)C1. The van der Waals surface area contributed by atoms with Crippen molar-refractivity contribution >= 4 is 5.57 Å². The van der Waals surface area contributed by atoms with E-state index in [4.69, 9.17) is 0 Å². The van der Waals surface area contributed by atoms with E-state index in [1.54, 1.807) is 0 Å². The molecule has 0 aliphatic heterocycles. The molecule has 1 nitrogen and oxygen atoms in total. The van der Waals surface area contributed by atoms with Crippen LogP contribution < -0.4 is 0 Å². The van der Waals surface area contributed by atoms with Gasteiger partial charge in [0.2, 0.25) is 0 Å². The summed E-state index contributed by atoms with van der Waals surface area (Å²) in [6.07, 6.45) is -0.805. The molecule has 1 aromatic carbocycles. The van der Waals surface area contributed by atoms with Crippen LogP contribution >= 0.6 is 0 Å². The summed E-state index contributed by atoms with van der Waals surface area (Å²) < 4.78 is 52.3. The second kappa shape index (κ2) is 4.49. The molecule has 0 aromatic heterocycles. The molecule has 0 bridgehead atoms. The van der Waals surface area contributed by atoms with Crippen LogP contribution in [-0.4, -0.2) is 17.4 Å². The maximum Gasteiger partial charge on any atom is 0.194 e. The van der Waals surface area contributed by atoms with E-state index in [1.807, 2.05) is 0 Å². The number of aliphatic hydroxyl groups is 1. The predicted octanol–water partition coefficient (Wildman–Crippen LogP) is 2.98. The van der Waals surface area contributed by atoms with Crippen LogP contribution in [0, 0.1) is 17.5 Å². The Kier molecular flexibility index (Phi) is 3.19. The van der Waals surface area contributed by atoms with Crippen LogP contribution in [0.2, 0.25) is 0 Å². The van der Waals surface area contributed by atoms with Crippen molar-refractivity contribution < 1.29 is 22.7 Å². The number of benzene rings is 1. The lowest BCUT2D eigenvalue weighted by atomic mass is 9.90. The molecule has 0 radical (unpaired) electrons. The molecule has 5 heteroatoms. The summed E-state index contributed by atoms with van der Waals surface area (Å²) in [5.41, 5.74) is 0.0638. The number of allylic oxidation sites excluding steroid dienone is 1. The fourth-order valence-electron chi connectivity index (χ4n) is 1.87. The van der Waals surface area contributed by atoms with Crippen molar-refractivity contribution in [1.82, 2.24) is 0 Å². The van der Waals surface area contributed by atoms with Crippen molar-refractivity contribution in [3.05, 3.63) is 41.2 Å². The minimum absolute atomic E-state index is 0.0270. The molecule has 0 spiro atoms. The average Bonchev–Trinajstić information content (AvgIpc) is 2.25. The van der Waals surface area contributed by atoms with Crippen LogP contribution in [-0.2, 0) is 0 Å². The van der Waals surface area contributed by atoms with Gasteiger partial charge in [0.05, 0.1) is 6.10 Å². The Morgan fingerprint density at radius 1 is 1.12 bits per heavy atom. The van der Waals surface area contributed by atoms with Gasteiger partial charge in [-0.2, -0.15) is 0 Å². The zero-order chi connectivity index (χ0) is 12.6. The molecule has 17 heavy (non-hydrogen) atoms. The summed E-state index contributed by atoms with van der Waals surface area (Å²) in [6, 6.07) is 1.52. The lowest BCUT2D eigenvalue weighted by molar-refractivity contribution is 0.137. The van der Waals surface area contributed by atoms with E-state index in [2.05, 4.69) is 0 Å². The lowest BCUT2D eigenvalue weighted by Crippen LogP contribution is -2.20. The largest absolute Gasteiger partial charge is 0.393 e. The highest BCUT2D eigenvalue weighted by atomic mass is 19.2. The van der Waals surface area contributed by atoms with E-state index < -0.39 is 29.7 Å². The molecule has 2 atom stereocenters. The number of hydrogen-bond acceptors (Lipinski definition) is 1. The highest BCUT2D eigenvalue weighted by molar-refractivity contribution is 5.69. The zero-order valence-corrected chi connectivity index (χ0v) is 8.76. The topological polar surface area (TPSA) is 20.2 Å². The fraction of sp³-hybridized carbons (Fsp3) is 0.333. The van der Waals surface area contributed by atoms with Crippen LogP contribution in [0.5, 0.6) is 0 Å². The molecule has 1 N–H and O–H groups in total. The Morgan fingerprint density at radius 3 is 2.24 bits per heavy atom. The van der Waals surface area contributed by atoms with Crippen molar-refractivity contribution in [3.8, 4) is 0 Å². The summed E-state index contributed by atoms with van der Waals surface area (Å²) in [4.78, 5) is 0. The zero-order valence-electron chi connectivity index (χ0n) is 8.76. The van der Waals surface area contributed by atoms with Gasteiger partial charge in [-0.3, -0.25) is 0 Å². The minimum atomic E-state index is -1.57. The first-order valence-corrected chi connectivity index (χ1v) is 5.16. The Balaban J connectivity index is 2.41. The van der Waals surface area contributed by atoms with Gasteiger partial charge in [-0.1, -0.05) is 6.08 Å². The molecule has 92 valence electrons. The monoisotopic (exact) mass is 246 g/mol. The van der Waals surface area contributed by atoms with Crippen molar-refractivity contribution in [3.63, 3.8) is 0 Å². The number of aliphatic hydroxyl groups excluding tert-OH is 1. The maximum absolute atomic E-state index is 13.6. The summed E-state index contributed by atoms with van der Waals surface area (Å²) in [5, 5.41) is 9.20. The van der Waals surface area contributed by atoms with Crippen molar-refractivity contribution in [1.29, 1.82) is 0 Å². The minimum Gasteiger partial charge on any atom is -0.393 e. The molecule has 2 rings (SSSR count). The van der Waals surface area contributed by atoms with E-state index >= 15 is 0 Å². The summed E-state index contributed by atoms with van der Waals surface area (Å²) in [7, 11) is 0. The third-order valence-corrected chi connectivity index (χ3v) is 2.74. The molecule has 1 aliphatic carbocycles. The Bertz CT molecular complexity index is 447. The van der Waals surface area contributed by atoms with Crippen LogP contribution in [0.25, 0.3) is 5.57 Å². The van der Waals surface area contributed by atoms with E-state index in [1.165, 1.54) is 6.08 Å². The van der Waals surface area contributed by atoms with E-state index in [0.29, 0.717) is 0 Å². The Hall–Kier alpha value is -1.36. The second-order valence-electron chi connectivity index (χ2n) is 4.01. The number of halogens is 4. The average molecular weight is 246 g/mol. The van der Waals surface area contributed by atoms with Crippen molar-refractivity contribution in [2.75, 3.05) is 0 Å². The second-order valence-corrected chi connectivity index (χ2v) is 4.01. The van der Waals surface area contributed by atoms with E-state index in [0.717, 1.165) is 12.1 Å². The van der Waals surface area contributed by atoms with Gasteiger partial charge in [-0.25, -0.2) is 17.6 Å². The Morgan fingerprint density at radius 2 is 1.71 bits per heavy atom. The van der Waals surface area contributed by atoms with Gasteiger partial charge in [0.15, 0.2) is 17.5 Å².